The van der Waals surface area contributed by atoms with E-state index in [9.17, 15) is 9.90 Å². The third-order valence-corrected chi connectivity index (χ3v) is 4.14. The molecule has 2 saturated carbocycles. The average molecular weight is 225 g/mol. The van der Waals surface area contributed by atoms with Gasteiger partial charge in [0.1, 0.15) is 5.60 Å². The van der Waals surface area contributed by atoms with E-state index in [0.717, 1.165) is 18.8 Å². The highest BCUT2D eigenvalue weighted by molar-refractivity contribution is 5.87. The Morgan fingerprint density at radius 2 is 2.06 bits per heavy atom. The SMILES string of the molecule is CC(C)[C@H]1CCC[C@@H](NC(=O)C2(O)CC2)C1. The van der Waals surface area contributed by atoms with E-state index in [-0.39, 0.29) is 5.91 Å². The molecule has 92 valence electrons. The summed E-state index contributed by atoms with van der Waals surface area (Å²) in [5.41, 5.74) is -1.01. The molecule has 0 aromatic heterocycles. The Kier molecular flexibility index (Phi) is 3.24. The van der Waals surface area contributed by atoms with E-state index in [2.05, 4.69) is 19.2 Å². The number of carbonyl (C=O) groups excluding carboxylic acids is 1. The summed E-state index contributed by atoms with van der Waals surface area (Å²) in [5.74, 6) is 1.29. The van der Waals surface area contributed by atoms with Crippen LogP contribution in [0.15, 0.2) is 0 Å². The summed E-state index contributed by atoms with van der Waals surface area (Å²) in [7, 11) is 0. The molecule has 3 nitrogen and oxygen atoms in total. The quantitative estimate of drug-likeness (QED) is 0.770. The maximum atomic E-state index is 11.7. The predicted octanol–water partition coefficient (Wildman–Crippen LogP) is 1.84. The second-order valence-corrected chi connectivity index (χ2v) is 5.87. The molecule has 0 saturated heterocycles. The lowest BCUT2D eigenvalue weighted by atomic mass is 9.79. The maximum absolute atomic E-state index is 11.7. The number of nitrogens with one attached hydrogen (secondary N) is 1. The first-order chi connectivity index (χ1) is 7.51. The maximum Gasteiger partial charge on any atom is 0.252 e. The van der Waals surface area contributed by atoms with Crippen molar-refractivity contribution in [3.63, 3.8) is 0 Å². The van der Waals surface area contributed by atoms with Crippen LogP contribution in [-0.4, -0.2) is 22.7 Å². The van der Waals surface area contributed by atoms with Crippen LogP contribution in [0.4, 0.5) is 0 Å². The topological polar surface area (TPSA) is 49.3 Å². The second kappa shape index (κ2) is 4.36. The third kappa shape index (κ3) is 2.57. The van der Waals surface area contributed by atoms with Crippen molar-refractivity contribution in [3.05, 3.63) is 0 Å². The van der Waals surface area contributed by atoms with Gasteiger partial charge in [-0.05, 0) is 37.5 Å². The minimum atomic E-state index is -1.01. The summed E-state index contributed by atoms with van der Waals surface area (Å²) < 4.78 is 0. The number of hydrogen-bond acceptors (Lipinski definition) is 2. The van der Waals surface area contributed by atoms with Gasteiger partial charge in [-0.3, -0.25) is 4.79 Å². The van der Waals surface area contributed by atoms with Crippen LogP contribution in [0.25, 0.3) is 0 Å². The van der Waals surface area contributed by atoms with Crippen LogP contribution in [0.3, 0.4) is 0 Å². The van der Waals surface area contributed by atoms with E-state index in [0.29, 0.717) is 24.8 Å². The molecule has 0 unspecified atom stereocenters. The van der Waals surface area contributed by atoms with Crippen molar-refractivity contribution in [2.75, 3.05) is 0 Å². The molecule has 0 aliphatic heterocycles. The highest BCUT2D eigenvalue weighted by atomic mass is 16.3. The summed E-state index contributed by atoms with van der Waals surface area (Å²) in [5, 5.41) is 12.7. The molecule has 2 aliphatic rings. The van der Waals surface area contributed by atoms with E-state index in [1.807, 2.05) is 0 Å². The Hall–Kier alpha value is -0.570. The predicted molar refractivity (Wildman–Crippen MR) is 62.9 cm³/mol. The van der Waals surface area contributed by atoms with Crippen molar-refractivity contribution in [3.8, 4) is 0 Å². The lowest BCUT2D eigenvalue weighted by Gasteiger charge is -2.32. The molecule has 2 fully saturated rings. The van der Waals surface area contributed by atoms with Crippen LogP contribution >= 0.6 is 0 Å². The van der Waals surface area contributed by atoms with Gasteiger partial charge in [-0.25, -0.2) is 0 Å². The fourth-order valence-corrected chi connectivity index (χ4v) is 2.63. The van der Waals surface area contributed by atoms with Gasteiger partial charge in [0, 0.05) is 6.04 Å². The first-order valence-electron chi connectivity index (χ1n) is 6.54. The number of aliphatic hydroxyl groups is 1. The van der Waals surface area contributed by atoms with Gasteiger partial charge in [0.25, 0.3) is 5.91 Å². The third-order valence-electron chi connectivity index (χ3n) is 4.14. The molecule has 0 aromatic carbocycles. The highest BCUT2D eigenvalue weighted by Crippen LogP contribution is 2.36. The Morgan fingerprint density at radius 3 is 2.62 bits per heavy atom. The molecule has 0 radical (unpaired) electrons. The summed E-state index contributed by atoms with van der Waals surface area (Å²) >= 11 is 0. The molecule has 3 heteroatoms. The van der Waals surface area contributed by atoms with Gasteiger partial charge >= 0.3 is 0 Å². The van der Waals surface area contributed by atoms with Crippen LogP contribution in [0.5, 0.6) is 0 Å². The van der Waals surface area contributed by atoms with Gasteiger partial charge < -0.3 is 10.4 Å². The number of rotatable bonds is 3. The average Bonchev–Trinajstić information content (AvgIpc) is 2.98. The van der Waals surface area contributed by atoms with Gasteiger partial charge in [-0.1, -0.05) is 26.7 Å². The van der Waals surface area contributed by atoms with Crippen LogP contribution < -0.4 is 5.32 Å². The van der Waals surface area contributed by atoms with Crippen molar-refractivity contribution in [1.29, 1.82) is 0 Å². The molecule has 2 aliphatic carbocycles. The molecule has 2 atom stereocenters. The van der Waals surface area contributed by atoms with Crippen molar-refractivity contribution < 1.29 is 9.90 Å². The summed E-state index contributed by atoms with van der Waals surface area (Å²) in [6, 6.07) is 0.290. The summed E-state index contributed by atoms with van der Waals surface area (Å²) in [4.78, 5) is 11.7. The van der Waals surface area contributed by atoms with E-state index in [1.165, 1.54) is 12.8 Å². The Balaban J connectivity index is 1.83. The van der Waals surface area contributed by atoms with E-state index in [4.69, 9.17) is 0 Å². The van der Waals surface area contributed by atoms with Crippen LogP contribution in [0.1, 0.15) is 52.4 Å². The first-order valence-corrected chi connectivity index (χ1v) is 6.54. The molecule has 0 aromatic rings. The smallest absolute Gasteiger partial charge is 0.252 e. The molecule has 0 spiro atoms. The van der Waals surface area contributed by atoms with Crippen molar-refractivity contribution >= 4 is 5.91 Å². The summed E-state index contributed by atoms with van der Waals surface area (Å²) in [6.07, 6.45) is 5.92. The van der Waals surface area contributed by atoms with Crippen molar-refractivity contribution in [2.24, 2.45) is 11.8 Å². The van der Waals surface area contributed by atoms with Gasteiger partial charge in [0.2, 0.25) is 0 Å². The van der Waals surface area contributed by atoms with Gasteiger partial charge in [-0.2, -0.15) is 0 Å². The number of hydrogen-bond donors (Lipinski definition) is 2. The van der Waals surface area contributed by atoms with Gasteiger partial charge in [0.05, 0.1) is 0 Å². The van der Waals surface area contributed by atoms with Crippen molar-refractivity contribution in [2.45, 2.75) is 64.0 Å². The monoisotopic (exact) mass is 225 g/mol. The highest BCUT2D eigenvalue weighted by Gasteiger charge is 2.48. The van der Waals surface area contributed by atoms with Crippen LogP contribution in [0.2, 0.25) is 0 Å². The largest absolute Gasteiger partial charge is 0.380 e. The van der Waals surface area contributed by atoms with E-state index < -0.39 is 5.60 Å². The number of carbonyl (C=O) groups is 1. The Bertz CT molecular complexity index is 271. The molecule has 1 amide bonds. The van der Waals surface area contributed by atoms with Crippen LogP contribution in [-0.2, 0) is 4.79 Å². The van der Waals surface area contributed by atoms with Crippen molar-refractivity contribution in [1.82, 2.24) is 5.32 Å². The molecule has 0 heterocycles. The Labute approximate surface area is 97.6 Å². The van der Waals surface area contributed by atoms with Gasteiger partial charge in [-0.15, -0.1) is 0 Å². The zero-order valence-corrected chi connectivity index (χ0v) is 10.3. The fourth-order valence-electron chi connectivity index (χ4n) is 2.63. The summed E-state index contributed by atoms with van der Waals surface area (Å²) in [6.45, 7) is 4.51. The lowest BCUT2D eigenvalue weighted by Crippen LogP contribution is -2.45. The van der Waals surface area contributed by atoms with Crippen LogP contribution in [0, 0.1) is 11.8 Å². The van der Waals surface area contributed by atoms with E-state index >= 15 is 0 Å². The molecular weight excluding hydrogens is 202 g/mol. The first kappa shape index (κ1) is 11.9. The standard InChI is InChI=1S/C13H23NO2/c1-9(2)10-4-3-5-11(8-10)14-12(15)13(16)6-7-13/h9-11,16H,3-8H2,1-2H3,(H,14,15)/t10-,11+/m0/s1. The minimum absolute atomic E-state index is 0.137. The molecule has 2 rings (SSSR count). The lowest BCUT2D eigenvalue weighted by molar-refractivity contribution is -0.132. The van der Waals surface area contributed by atoms with E-state index in [1.54, 1.807) is 0 Å². The molecule has 16 heavy (non-hydrogen) atoms. The second-order valence-electron chi connectivity index (χ2n) is 5.87. The Morgan fingerprint density at radius 1 is 1.38 bits per heavy atom. The minimum Gasteiger partial charge on any atom is -0.380 e. The van der Waals surface area contributed by atoms with Gasteiger partial charge in [0.15, 0.2) is 0 Å². The number of amides is 1. The zero-order valence-electron chi connectivity index (χ0n) is 10.3. The zero-order chi connectivity index (χ0) is 11.8. The molecule has 0 bridgehead atoms. The normalized spacial score (nSPS) is 32.5. The molecular formula is C13H23NO2. The fraction of sp³-hybridized carbons (Fsp3) is 0.923. The molecule has 2 N–H and O–H groups in total.